The number of nitrogens with zero attached hydrogens (tertiary/aromatic N) is 1. The average Bonchev–Trinajstić information content (AvgIpc) is 3.04. The highest BCUT2D eigenvalue weighted by Crippen LogP contribution is 2.21. The lowest BCUT2D eigenvalue weighted by atomic mass is 10.1. The maximum atomic E-state index is 12.2. The molecule has 1 N–H and O–H groups in total. The van der Waals surface area contributed by atoms with E-state index in [4.69, 9.17) is 16.3 Å². The summed E-state index contributed by atoms with van der Waals surface area (Å²) in [5, 5.41) is 0.703. The summed E-state index contributed by atoms with van der Waals surface area (Å²) >= 11 is 5.85. The van der Waals surface area contributed by atoms with Crippen LogP contribution < -0.4 is 4.74 Å². The first-order valence-electron chi connectivity index (χ1n) is 7.07. The fraction of sp³-hybridized carbons (Fsp3) is 0.312. The molecule has 2 heterocycles. The molecule has 1 fully saturated rings. The Hall–Kier alpha value is -1.94. The van der Waals surface area contributed by atoms with Crippen LogP contribution in [0.5, 0.6) is 5.75 Å². The summed E-state index contributed by atoms with van der Waals surface area (Å²) in [4.78, 5) is 17.0. The van der Waals surface area contributed by atoms with Crippen LogP contribution in [0.1, 0.15) is 23.3 Å². The summed E-state index contributed by atoms with van der Waals surface area (Å²) < 4.78 is 5.92. The molecule has 21 heavy (non-hydrogen) atoms. The van der Waals surface area contributed by atoms with E-state index in [9.17, 15) is 4.79 Å². The predicted molar refractivity (Wildman–Crippen MR) is 81.8 cm³/mol. The Bertz CT molecular complexity index is 587. The molecule has 2 aromatic rings. The Morgan fingerprint density at radius 2 is 1.90 bits per heavy atom. The minimum absolute atomic E-state index is 0.0601. The number of amides is 1. The van der Waals surface area contributed by atoms with E-state index < -0.39 is 0 Å². The van der Waals surface area contributed by atoms with E-state index in [1.165, 1.54) is 0 Å². The number of hydrogen-bond donors (Lipinski definition) is 1. The first-order chi connectivity index (χ1) is 10.2. The minimum atomic E-state index is 0.0601. The van der Waals surface area contributed by atoms with Gasteiger partial charge in [-0.15, -0.1) is 0 Å². The van der Waals surface area contributed by atoms with Gasteiger partial charge in [-0.1, -0.05) is 11.6 Å². The SMILES string of the molecule is O=C(c1ccc[nH]1)N1CCC(Oc2ccc(Cl)cc2)CC1. The molecule has 4 nitrogen and oxygen atoms in total. The lowest BCUT2D eigenvalue weighted by Crippen LogP contribution is -2.41. The van der Waals surface area contributed by atoms with Gasteiger partial charge in [0.25, 0.3) is 5.91 Å². The van der Waals surface area contributed by atoms with E-state index in [2.05, 4.69) is 4.98 Å². The van der Waals surface area contributed by atoms with Crippen molar-refractivity contribution in [3.8, 4) is 5.75 Å². The van der Waals surface area contributed by atoms with Gasteiger partial charge < -0.3 is 14.6 Å². The van der Waals surface area contributed by atoms with Crippen LogP contribution in [0.25, 0.3) is 0 Å². The lowest BCUT2D eigenvalue weighted by Gasteiger charge is -2.32. The molecular weight excluding hydrogens is 288 g/mol. The summed E-state index contributed by atoms with van der Waals surface area (Å²) in [6.45, 7) is 1.44. The molecule has 0 saturated carbocycles. The van der Waals surface area contributed by atoms with Crippen molar-refractivity contribution in [3.63, 3.8) is 0 Å². The van der Waals surface area contributed by atoms with Crippen LogP contribution in [0.2, 0.25) is 5.02 Å². The summed E-state index contributed by atoms with van der Waals surface area (Å²) in [5.41, 5.74) is 0.645. The van der Waals surface area contributed by atoms with Crippen LogP contribution in [0, 0.1) is 0 Å². The van der Waals surface area contributed by atoms with Gasteiger partial charge in [0.05, 0.1) is 0 Å². The van der Waals surface area contributed by atoms with Gasteiger partial charge in [-0.05, 0) is 36.4 Å². The zero-order valence-electron chi connectivity index (χ0n) is 11.6. The van der Waals surface area contributed by atoms with Gasteiger partial charge >= 0.3 is 0 Å². The summed E-state index contributed by atoms with van der Waals surface area (Å²) in [6, 6.07) is 11.0. The van der Waals surface area contributed by atoms with Gasteiger partial charge in [0, 0.05) is 37.2 Å². The van der Waals surface area contributed by atoms with Crippen molar-refractivity contribution in [2.45, 2.75) is 18.9 Å². The predicted octanol–water partition coefficient (Wildman–Crippen LogP) is 3.35. The van der Waals surface area contributed by atoms with Crippen molar-refractivity contribution >= 4 is 17.5 Å². The zero-order chi connectivity index (χ0) is 14.7. The number of likely N-dealkylation sites (tertiary alicyclic amines) is 1. The molecule has 1 saturated heterocycles. The van der Waals surface area contributed by atoms with Crippen molar-refractivity contribution in [1.29, 1.82) is 0 Å². The largest absolute Gasteiger partial charge is 0.490 e. The quantitative estimate of drug-likeness (QED) is 0.945. The van der Waals surface area contributed by atoms with Gasteiger partial charge in [-0.25, -0.2) is 0 Å². The highest BCUT2D eigenvalue weighted by Gasteiger charge is 2.24. The van der Waals surface area contributed by atoms with E-state index in [0.717, 1.165) is 31.7 Å². The molecule has 1 aliphatic rings. The number of aromatic nitrogens is 1. The number of ether oxygens (including phenoxy) is 1. The minimum Gasteiger partial charge on any atom is -0.490 e. The first kappa shape index (κ1) is 14.0. The van der Waals surface area contributed by atoms with Crippen LogP contribution in [0.4, 0.5) is 0 Å². The molecule has 1 amide bonds. The number of hydrogen-bond acceptors (Lipinski definition) is 2. The average molecular weight is 305 g/mol. The molecule has 0 atom stereocenters. The molecule has 0 radical (unpaired) electrons. The van der Waals surface area contributed by atoms with Gasteiger partial charge in [-0.3, -0.25) is 4.79 Å². The Labute approximate surface area is 128 Å². The molecule has 3 rings (SSSR count). The van der Waals surface area contributed by atoms with Gasteiger partial charge in [0.15, 0.2) is 0 Å². The third-order valence-electron chi connectivity index (χ3n) is 3.67. The maximum Gasteiger partial charge on any atom is 0.270 e. The summed E-state index contributed by atoms with van der Waals surface area (Å²) in [5.74, 6) is 0.887. The topological polar surface area (TPSA) is 45.3 Å². The third kappa shape index (κ3) is 3.39. The van der Waals surface area contributed by atoms with E-state index in [1.54, 1.807) is 12.3 Å². The molecular formula is C16H17ClN2O2. The van der Waals surface area contributed by atoms with Crippen LogP contribution in [-0.2, 0) is 0 Å². The number of H-pyrrole nitrogens is 1. The summed E-state index contributed by atoms with van der Waals surface area (Å²) in [7, 11) is 0. The molecule has 1 aliphatic heterocycles. The van der Waals surface area contributed by atoms with Crippen molar-refractivity contribution in [2.24, 2.45) is 0 Å². The molecule has 0 spiro atoms. The van der Waals surface area contributed by atoms with E-state index in [1.807, 2.05) is 35.2 Å². The number of carbonyl (C=O) groups is 1. The van der Waals surface area contributed by atoms with Crippen LogP contribution in [-0.4, -0.2) is 35.0 Å². The molecule has 0 aliphatic carbocycles. The van der Waals surface area contributed by atoms with Crippen molar-refractivity contribution in [2.75, 3.05) is 13.1 Å². The normalized spacial score (nSPS) is 16.0. The Balaban J connectivity index is 1.53. The smallest absolute Gasteiger partial charge is 0.270 e. The second-order valence-corrected chi connectivity index (χ2v) is 5.58. The van der Waals surface area contributed by atoms with E-state index >= 15 is 0 Å². The summed E-state index contributed by atoms with van der Waals surface area (Å²) in [6.07, 6.45) is 3.60. The Kier molecular flexibility index (Phi) is 4.15. The molecule has 0 bridgehead atoms. The number of halogens is 1. The number of aromatic amines is 1. The highest BCUT2D eigenvalue weighted by atomic mass is 35.5. The van der Waals surface area contributed by atoms with Crippen LogP contribution in [0.15, 0.2) is 42.6 Å². The fourth-order valence-electron chi connectivity index (χ4n) is 2.52. The van der Waals surface area contributed by atoms with Gasteiger partial charge in [0.1, 0.15) is 17.5 Å². The molecule has 5 heteroatoms. The van der Waals surface area contributed by atoms with Crippen LogP contribution >= 0.6 is 11.6 Å². The number of carbonyl (C=O) groups excluding carboxylic acids is 1. The van der Waals surface area contributed by atoms with Crippen LogP contribution in [0.3, 0.4) is 0 Å². The number of piperidine rings is 1. The lowest BCUT2D eigenvalue weighted by molar-refractivity contribution is 0.0591. The fourth-order valence-corrected chi connectivity index (χ4v) is 2.64. The molecule has 1 aromatic carbocycles. The number of rotatable bonds is 3. The second kappa shape index (κ2) is 6.22. The van der Waals surface area contributed by atoms with Crippen molar-refractivity contribution < 1.29 is 9.53 Å². The van der Waals surface area contributed by atoms with E-state index in [-0.39, 0.29) is 12.0 Å². The monoisotopic (exact) mass is 304 g/mol. The third-order valence-corrected chi connectivity index (χ3v) is 3.93. The zero-order valence-corrected chi connectivity index (χ0v) is 12.3. The first-order valence-corrected chi connectivity index (χ1v) is 7.45. The molecule has 0 unspecified atom stereocenters. The molecule has 110 valence electrons. The van der Waals surface area contributed by atoms with Gasteiger partial charge in [-0.2, -0.15) is 0 Å². The number of nitrogens with one attached hydrogen (secondary N) is 1. The van der Waals surface area contributed by atoms with Crippen molar-refractivity contribution in [3.05, 3.63) is 53.3 Å². The second-order valence-electron chi connectivity index (χ2n) is 5.15. The Morgan fingerprint density at radius 3 is 2.52 bits per heavy atom. The number of benzene rings is 1. The van der Waals surface area contributed by atoms with Gasteiger partial charge in [0.2, 0.25) is 0 Å². The standard InChI is InChI=1S/C16H17ClN2O2/c17-12-3-5-13(6-4-12)21-14-7-10-19(11-8-14)16(20)15-2-1-9-18-15/h1-6,9,14,18H,7-8,10-11H2. The maximum absolute atomic E-state index is 12.2. The Morgan fingerprint density at radius 1 is 1.19 bits per heavy atom. The molecule has 1 aromatic heterocycles. The van der Waals surface area contributed by atoms with Crippen molar-refractivity contribution in [1.82, 2.24) is 9.88 Å². The van der Waals surface area contributed by atoms with E-state index in [0.29, 0.717) is 10.7 Å². The highest BCUT2D eigenvalue weighted by molar-refractivity contribution is 6.30.